The topological polar surface area (TPSA) is 82.6 Å². The van der Waals surface area contributed by atoms with Crippen molar-refractivity contribution in [2.45, 2.75) is 26.6 Å². The van der Waals surface area contributed by atoms with Gasteiger partial charge in [0, 0.05) is 18.7 Å². The molecule has 0 unspecified atom stereocenters. The molecule has 156 valence electrons. The second-order valence-electron chi connectivity index (χ2n) is 6.85. The van der Waals surface area contributed by atoms with Crippen LogP contribution in [0.1, 0.15) is 28.5 Å². The molecular weight excluding hydrogens is 382 g/mol. The molecule has 1 atom stereocenters. The quantitative estimate of drug-likeness (QED) is 0.577. The number of nitrogens with one attached hydrogen (secondary N) is 1. The zero-order valence-corrected chi connectivity index (χ0v) is 17.3. The number of aromatic nitrogens is 2. The maximum atomic E-state index is 12.8. The van der Waals surface area contributed by atoms with Crippen LogP contribution in [0.2, 0.25) is 0 Å². The Bertz CT molecular complexity index is 962. The third-order valence-corrected chi connectivity index (χ3v) is 4.15. The number of methoxy groups -OCH3 is 1. The van der Waals surface area contributed by atoms with Crippen LogP contribution in [0.4, 0.5) is 5.82 Å². The molecule has 0 bridgehead atoms. The van der Waals surface area contributed by atoms with Gasteiger partial charge in [0.1, 0.15) is 24.2 Å². The number of carbonyl (C=O) groups is 1. The third-order valence-electron chi connectivity index (χ3n) is 4.15. The molecule has 1 aromatic heterocycles. The lowest BCUT2D eigenvalue weighted by Crippen LogP contribution is -2.19. The zero-order chi connectivity index (χ0) is 21.3. The smallest absolute Gasteiger partial charge is 0.257 e. The van der Waals surface area contributed by atoms with Crippen molar-refractivity contribution in [3.8, 4) is 11.5 Å². The average Bonchev–Trinajstić information content (AvgIpc) is 2.74. The SMILES string of the molecule is COC[C@H](C)Oc1cc(OCc2ccccc2)cc(C(=O)Nc2cnc(C)cn2)c1. The largest absolute Gasteiger partial charge is 0.489 e. The summed E-state index contributed by atoms with van der Waals surface area (Å²) in [4.78, 5) is 21.1. The number of hydrogen-bond donors (Lipinski definition) is 1. The highest BCUT2D eigenvalue weighted by atomic mass is 16.5. The van der Waals surface area contributed by atoms with Crippen LogP contribution in [0.25, 0.3) is 0 Å². The molecule has 0 saturated heterocycles. The Labute approximate surface area is 176 Å². The van der Waals surface area contributed by atoms with E-state index in [0.29, 0.717) is 36.1 Å². The molecule has 0 radical (unpaired) electrons. The van der Waals surface area contributed by atoms with E-state index < -0.39 is 0 Å². The molecule has 2 aromatic carbocycles. The molecule has 1 heterocycles. The van der Waals surface area contributed by atoms with Crippen molar-refractivity contribution in [2.24, 2.45) is 0 Å². The summed E-state index contributed by atoms with van der Waals surface area (Å²) in [5, 5.41) is 2.74. The van der Waals surface area contributed by atoms with Crippen molar-refractivity contribution >= 4 is 11.7 Å². The van der Waals surface area contributed by atoms with Gasteiger partial charge in [-0.05, 0) is 31.5 Å². The van der Waals surface area contributed by atoms with Gasteiger partial charge in [0.25, 0.3) is 5.91 Å². The highest BCUT2D eigenvalue weighted by molar-refractivity contribution is 6.04. The number of anilines is 1. The molecule has 3 aromatic rings. The van der Waals surface area contributed by atoms with E-state index in [9.17, 15) is 4.79 Å². The summed E-state index contributed by atoms with van der Waals surface area (Å²) in [6.45, 7) is 4.53. The number of hydrogen-bond acceptors (Lipinski definition) is 6. The van der Waals surface area contributed by atoms with Crippen LogP contribution < -0.4 is 14.8 Å². The lowest BCUT2D eigenvalue weighted by Gasteiger charge is -2.16. The summed E-state index contributed by atoms with van der Waals surface area (Å²) in [6, 6.07) is 14.9. The number of carbonyl (C=O) groups excluding carboxylic acids is 1. The Morgan fingerprint density at radius 1 is 1.07 bits per heavy atom. The van der Waals surface area contributed by atoms with Crippen molar-refractivity contribution < 1.29 is 19.0 Å². The number of rotatable bonds is 9. The van der Waals surface area contributed by atoms with Gasteiger partial charge >= 0.3 is 0 Å². The van der Waals surface area contributed by atoms with E-state index >= 15 is 0 Å². The summed E-state index contributed by atoms with van der Waals surface area (Å²) >= 11 is 0. The molecule has 0 saturated carbocycles. The summed E-state index contributed by atoms with van der Waals surface area (Å²) in [5.74, 6) is 1.09. The van der Waals surface area contributed by atoms with E-state index in [2.05, 4.69) is 15.3 Å². The number of benzene rings is 2. The highest BCUT2D eigenvalue weighted by Crippen LogP contribution is 2.25. The fourth-order valence-corrected chi connectivity index (χ4v) is 2.74. The molecule has 0 aliphatic rings. The second kappa shape index (κ2) is 10.4. The molecule has 1 amide bonds. The van der Waals surface area contributed by atoms with Crippen LogP contribution in [0.15, 0.2) is 60.9 Å². The van der Waals surface area contributed by atoms with Gasteiger partial charge in [0.05, 0.1) is 24.7 Å². The lowest BCUT2D eigenvalue weighted by molar-refractivity contribution is 0.0914. The Kier molecular flexibility index (Phi) is 7.34. The van der Waals surface area contributed by atoms with E-state index in [1.54, 1.807) is 31.5 Å². The van der Waals surface area contributed by atoms with Crippen molar-refractivity contribution in [1.82, 2.24) is 9.97 Å². The predicted molar refractivity (Wildman–Crippen MR) is 114 cm³/mol. The van der Waals surface area contributed by atoms with Crippen molar-refractivity contribution in [3.63, 3.8) is 0 Å². The first-order valence-corrected chi connectivity index (χ1v) is 9.61. The van der Waals surface area contributed by atoms with Crippen LogP contribution >= 0.6 is 0 Å². The highest BCUT2D eigenvalue weighted by Gasteiger charge is 2.13. The van der Waals surface area contributed by atoms with Gasteiger partial charge in [-0.25, -0.2) is 4.98 Å². The molecule has 0 fully saturated rings. The normalized spacial score (nSPS) is 11.6. The van der Waals surface area contributed by atoms with Gasteiger partial charge in [0.15, 0.2) is 5.82 Å². The number of ether oxygens (including phenoxy) is 3. The molecule has 3 rings (SSSR count). The molecule has 30 heavy (non-hydrogen) atoms. The van der Waals surface area contributed by atoms with Gasteiger partial charge < -0.3 is 19.5 Å². The summed E-state index contributed by atoms with van der Waals surface area (Å²) in [5.41, 5.74) is 2.19. The first-order valence-electron chi connectivity index (χ1n) is 9.61. The minimum Gasteiger partial charge on any atom is -0.489 e. The first-order chi connectivity index (χ1) is 14.5. The average molecular weight is 407 g/mol. The predicted octanol–water partition coefficient (Wildman–Crippen LogP) is 4.03. The molecular formula is C23H25N3O4. The number of aryl methyl sites for hydroxylation is 1. The number of nitrogens with zero attached hydrogens (tertiary/aromatic N) is 2. The Morgan fingerprint density at radius 3 is 2.53 bits per heavy atom. The van der Waals surface area contributed by atoms with Crippen LogP contribution in [0.3, 0.4) is 0 Å². The monoisotopic (exact) mass is 407 g/mol. The third kappa shape index (κ3) is 6.28. The van der Waals surface area contributed by atoms with Crippen LogP contribution in [-0.2, 0) is 11.3 Å². The van der Waals surface area contributed by atoms with Gasteiger partial charge in [0.2, 0.25) is 0 Å². The van der Waals surface area contributed by atoms with Crippen molar-refractivity contribution in [2.75, 3.05) is 19.0 Å². The maximum absolute atomic E-state index is 12.8. The van der Waals surface area contributed by atoms with Crippen LogP contribution in [0, 0.1) is 6.92 Å². The number of amides is 1. The molecule has 0 aliphatic heterocycles. The minimum atomic E-state index is -0.331. The van der Waals surface area contributed by atoms with E-state index in [1.807, 2.05) is 44.2 Å². The lowest BCUT2D eigenvalue weighted by atomic mass is 10.1. The maximum Gasteiger partial charge on any atom is 0.257 e. The van der Waals surface area contributed by atoms with E-state index in [4.69, 9.17) is 14.2 Å². The second-order valence-corrected chi connectivity index (χ2v) is 6.85. The summed E-state index contributed by atoms with van der Waals surface area (Å²) < 4.78 is 16.9. The molecule has 7 nitrogen and oxygen atoms in total. The van der Waals surface area contributed by atoms with Crippen LogP contribution in [-0.4, -0.2) is 35.7 Å². The molecule has 7 heteroatoms. The van der Waals surface area contributed by atoms with Crippen molar-refractivity contribution in [3.05, 3.63) is 77.7 Å². The van der Waals surface area contributed by atoms with Gasteiger partial charge in [-0.1, -0.05) is 30.3 Å². The van der Waals surface area contributed by atoms with Gasteiger partial charge in [-0.2, -0.15) is 0 Å². The van der Waals surface area contributed by atoms with Crippen LogP contribution in [0.5, 0.6) is 11.5 Å². The summed E-state index contributed by atoms with van der Waals surface area (Å²) in [6.07, 6.45) is 2.93. The molecule has 0 spiro atoms. The minimum absolute atomic E-state index is 0.182. The fraction of sp³-hybridized carbons (Fsp3) is 0.261. The Morgan fingerprint density at radius 2 is 1.83 bits per heavy atom. The van der Waals surface area contributed by atoms with E-state index in [-0.39, 0.29) is 12.0 Å². The van der Waals surface area contributed by atoms with E-state index in [0.717, 1.165) is 11.3 Å². The first kappa shape index (κ1) is 21.3. The Balaban J connectivity index is 1.80. The van der Waals surface area contributed by atoms with Gasteiger partial charge in [-0.15, -0.1) is 0 Å². The zero-order valence-electron chi connectivity index (χ0n) is 17.3. The van der Waals surface area contributed by atoms with Gasteiger partial charge in [-0.3, -0.25) is 9.78 Å². The van der Waals surface area contributed by atoms with Crippen molar-refractivity contribution in [1.29, 1.82) is 0 Å². The standard InChI is InChI=1S/C23H25N3O4/c1-16-12-25-22(13-24-16)26-23(27)19-9-20(29-15-18-7-5-4-6-8-18)11-21(10-19)30-17(2)14-28-3/h4-13,17H,14-15H2,1-3H3,(H,25,26,27)/t17-/m0/s1. The summed E-state index contributed by atoms with van der Waals surface area (Å²) in [7, 11) is 1.61. The van der Waals surface area contributed by atoms with E-state index in [1.165, 1.54) is 6.20 Å². The Hall–Kier alpha value is -3.45. The molecule has 1 N–H and O–H groups in total. The molecule has 0 aliphatic carbocycles. The fourth-order valence-electron chi connectivity index (χ4n) is 2.74.